The number of aromatic nitrogens is 4. The van der Waals surface area contributed by atoms with Gasteiger partial charge in [0.1, 0.15) is 0 Å². The lowest BCUT2D eigenvalue weighted by Crippen LogP contribution is -2.21. The first-order valence-electron chi connectivity index (χ1n) is 7.89. The predicted molar refractivity (Wildman–Crippen MR) is 86.9 cm³/mol. The van der Waals surface area contributed by atoms with Crippen molar-refractivity contribution in [3.8, 4) is 5.75 Å². The standard InChI is InChI=1S/C15H22N6O2/c1-10-8-13(20-21(10)11-6-4-3-5-7-11)17-15(22)18-14-12(23-2)9-16-19-14/h8-9,11H,3-7H2,1-2H3,(H3,16,17,18,19,20,22). The van der Waals surface area contributed by atoms with Crippen LogP contribution in [0.3, 0.4) is 0 Å². The van der Waals surface area contributed by atoms with Crippen molar-refractivity contribution in [2.45, 2.75) is 45.1 Å². The van der Waals surface area contributed by atoms with Gasteiger partial charge in [0.05, 0.1) is 19.3 Å². The molecule has 0 unspecified atom stereocenters. The largest absolute Gasteiger partial charge is 0.491 e. The number of nitrogens with one attached hydrogen (secondary N) is 3. The molecule has 2 heterocycles. The Balaban J connectivity index is 1.64. The van der Waals surface area contributed by atoms with Crippen LogP contribution < -0.4 is 15.4 Å². The van der Waals surface area contributed by atoms with E-state index in [1.807, 2.05) is 17.7 Å². The molecule has 8 nitrogen and oxygen atoms in total. The highest BCUT2D eigenvalue weighted by molar-refractivity contribution is 5.99. The van der Waals surface area contributed by atoms with Gasteiger partial charge >= 0.3 is 6.03 Å². The van der Waals surface area contributed by atoms with Crippen molar-refractivity contribution in [2.24, 2.45) is 0 Å². The van der Waals surface area contributed by atoms with Crippen LogP contribution in [0.25, 0.3) is 0 Å². The van der Waals surface area contributed by atoms with Crippen molar-refractivity contribution in [1.29, 1.82) is 0 Å². The van der Waals surface area contributed by atoms with Crippen LogP contribution in [0, 0.1) is 6.92 Å². The Morgan fingerprint density at radius 2 is 2.13 bits per heavy atom. The topological polar surface area (TPSA) is 96.9 Å². The van der Waals surface area contributed by atoms with Crippen LogP contribution in [0.5, 0.6) is 5.75 Å². The molecule has 0 spiro atoms. The number of carbonyl (C=O) groups is 1. The minimum Gasteiger partial charge on any atom is -0.491 e. The molecule has 3 rings (SSSR count). The van der Waals surface area contributed by atoms with Gasteiger partial charge in [-0.15, -0.1) is 0 Å². The number of methoxy groups -OCH3 is 1. The van der Waals surface area contributed by atoms with Gasteiger partial charge in [-0.1, -0.05) is 19.3 Å². The molecule has 0 saturated heterocycles. The fourth-order valence-corrected chi connectivity index (χ4v) is 3.02. The van der Waals surface area contributed by atoms with Crippen molar-refractivity contribution in [3.63, 3.8) is 0 Å². The van der Waals surface area contributed by atoms with Crippen molar-refractivity contribution in [2.75, 3.05) is 17.7 Å². The van der Waals surface area contributed by atoms with Crippen LogP contribution in [0.2, 0.25) is 0 Å². The molecule has 1 saturated carbocycles. The summed E-state index contributed by atoms with van der Waals surface area (Å²) in [6, 6.07) is 1.94. The van der Waals surface area contributed by atoms with E-state index in [9.17, 15) is 4.79 Å². The maximum atomic E-state index is 12.1. The van der Waals surface area contributed by atoms with Crippen molar-refractivity contribution < 1.29 is 9.53 Å². The van der Waals surface area contributed by atoms with Crippen molar-refractivity contribution >= 4 is 17.7 Å². The first-order chi connectivity index (χ1) is 11.2. The number of aromatic amines is 1. The van der Waals surface area contributed by atoms with Gasteiger partial charge in [0.25, 0.3) is 0 Å². The van der Waals surface area contributed by atoms with Crippen LogP contribution >= 0.6 is 0 Å². The normalized spacial score (nSPS) is 15.4. The molecule has 23 heavy (non-hydrogen) atoms. The van der Waals surface area contributed by atoms with E-state index in [-0.39, 0.29) is 6.03 Å². The number of urea groups is 1. The Bertz CT molecular complexity index is 671. The molecule has 0 radical (unpaired) electrons. The fourth-order valence-electron chi connectivity index (χ4n) is 3.02. The Hall–Kier alpha value is -2.51. The molecular weight excluding hydrogens is 296 g/mol. The summed E-state index contributed by atoms with van der Waals surface area (Å²) in [5.74, 6) is 1.43. The zero-order valence-corrected chi connectivity index (χ0v) is 13.4. The number of aryl methyl sites for hydroxylation is 1. The highest BCUT2D eigenvalue weighted by atomic mass is 16.5. The Morgan fingerprint density at radius 3 is 2.87 bits per heavy atom. The number of hydrogen-bond donors (Lipinski definition) is 3. The van der Waals surface area contributed by atoms with Gasteiger partial charge in [-0.2, -0.15) is 10.2 Å². The first-order valence-corrected chi connectivity index (χ1v) is 7.89. The first kappa shape index (κ1) is 15.4. The highest BCUT2D eigenvalue weighted by Gasteiger charge is 2.19. The van der Waals surface area contributed by atoms with E-state index in [0.717, 1.165) is 18.5 Å². The van der Waals surface area contributed by atoms with E-state index in [0.29, 0.717) is 23.4 Å². The summed E-state index contributed by atoms with van der Waals surface area (Å²) >= 11 is 0. The van der Waals surface area contributed by atoms with Gasteiger partial charge in [-0.05, 0) is 19.8 Å². The number of carbonyl (C=O) groups excluding carboxylic acids is 1. The third kappa shape index (κ3) is 3.46. The Labute approximate surface area is 134 Å². The summed E-state index contributed by atoms with van der Waals surface area (Å²) in [6.07, 6.45) is 7.59. The minimum atomic E-state index is -0.388. The van der Waals surface area contributed by atoms with E-state index >= 15 is 0 Å². The summed E-state index contributed by atoms with van der Waals surface area (Å²) in [6.45, 7) is 2.02. The molecular formula is C15H22N6O2. The van der Waals surface area contributed by atoms with Gasteiger partial charge in [0.2, 0.25) is 0 Å². The second-order valence-electron chi connectivity index (χ2n) is 5.80. The lowest BCUT2D eigenvalue weighted by atomic mass is 9.95. The minimum absolute atomic E-state index is 0.388. The van der Waals surface area contributed by atoms with Crippen molar-refractivity contribution in [1.82, 2.24) is 20.0 Å². The SMILES string of the molecule is COc1cn[nH]c1NC(=O)Nc1cc(C)n(C2CCCCC2)n1. The molecule has 3 N–H and O–H groups in total. The summed E-state index contributed by atoms with van der Waals surface area (Å²) in [5.41, 5.74) is 1.06. The third-order valence-electron chi connectivity index (χ3n) is 4.15. The highest BCUT2D eigenvalue weighted by Crippen LogP contribution is 2.29. The van der Waals surface area contributed by atoms with Crippen LogP contribution in [0.1, 0.15) is 43.8 Å². The lowest BCUT2D eigenvalue weighted by Gasteiger charge is -2.23. The number of amides is 2. The molecule has 124 valence electrons. The molecule has 8 heteroatoms. The maximum absolute atomic E-state index is 12.1. The van der Waals surface area contributed by atoms with Crippen LogP contribution in [-0.2, 0) is 0 Å². The summed E-state index contributed by atoms with van der Waals surface area (Å²) in [5, 5.41) is 16.4. The smallest absolute Gasteiger partial charge is 0.326 e. The molecule has 1 aliphatic carbocycles. The summed E-state index contributed by atoms with van der Waals surface area (Å²) in [7, 11) is 1.52. The fraction of sp³-hybridized carbons (Fsp3) is 0.533. The van der Waals surface area contributed by atoms with Gasteiger partial charge < -0.3 is 4.74 Å². The summed E-state index contributed by atoms with van der Waals surface area (Å²) in [4.78, 5) is 12.1. The molecule has 0 aliphatic heterocycles. The number of anilines is 2. The van der Waals surface area contributed by atoms with E-state index < -0.39 is 0 Å². The molecule has 0 atom stereocenters. The number of H-pyrrole nitrogens is 1. The zero-order valence-electron chi connectivity index (χ0n) is 13.4. The molecule has 2 aromatic heterocycles. The molecule has 2 aromatic rings. The van der Waals surface area contributed by atoms with Gasteiger partial charge in [0, 0.05) is 11.8 Å². The van der Waals surface area contributed by atoms with Crippen LogP contribution in [0.4, 0.5) is 16.4 Å². The second kappa shape index (κ2) is 6.72. The maximum Gasteiger partial charge on any atom is 0.326 e. The second-order valence-corrected chi connectivity index (χ2v) is 5.80. The molecule has 0 aromatic carbocycles. The van der Waals surface area contributed by atoms with Gasteiger partial charge in [-0.3, -0.25) is 20.4 Å². The van der Waals surface area contributed by atoms with Gasteiger partial charge in [-0.25, -0.2) is 4.79 Å². The van der Waals surface area contributed by atoms with E-state index in [2.05, 4.69) is 25.9 Å². The number of hydrogen-bond acceptors (Lipinski definition) is 4. The average molecular weight is 318 g/mol. The van der Waals surface area contributed by atoms with Gasteiger partial charge in [0.15, 0.2) is 17.4 Å². The van der Waals surface area contributed by atoms with Crippen molar-refractivity contribution in [3.05, 3.63) is 18.0 Å². The molecule has 1 aliphatic rings. The molecule has 2 amide bonds. The number of nitrogens with zero attached hydrogens (tertiary/aromatic N) is 3. The van der Waals surface area contributed by atoms with Crippen LogP contribution in [-0.4, -0.2) is 33.1 Å². The van der Waals surface area contributed by atoms with E-state index in [1.54, 1.807) is 0 Å². The number of ether oxygens (including phenoxy) is 1. The third-order valence-corrected chi connectivity index (χ3v) is 4.15. The number of rotatable bonds is 4. The Kier molecular flexibility index (Phi) is 4.50. The zero-order chi connectivity index (χ0) is 16.2. The molecule has 0 bridgehead atoms. The summed E-state index contributed by atoms with van der Waals surface area (Å²) < 4.78 is 7.12. The van der Waals surface area contributed by atoms with E-state index in [4.69, 9.17) is 4.74 Å². The predicted octanol–water partition coefficient (Wildman–Crippen LogP) is 3.07. The molecule has 1 fully saturated rings. The quantitative estimate of drug-likeness (QED) is 0.807. The average Bonchev–Trinajstić information content (AvgIpc) is 3.14. The van der Waals surface area contributed by atoms with Crippen LogP contribution in [0.15, 0.2) is 12.3 Å². The van der Waals surface area contributed by atoms with E-state index in [1.165, 1.54) is 32.6 Å². The Morgan fingerprint density at radius 1 is 1.35 bits per heavy atom. The lowest BCUT2D eigenvalue weighted by molar-refractivity contribution is 0.261. The monoisotopic (exact) mass is 318 g/mol.